The van der Waals surface area contributed by atoms with Gasteiger partial charge in [0.1, 0.15) is 5.82 Å². The van der Waals surface area contributed by atoms with Crippen LogP contribution in [0.2, 0.25) is 0 Å². The monoisotopic (exact) mass is 495 g/mol. The van der Waals surface area contributed by atoms with E-state index in [-0.39, 0.29) is 23.4 Å². The van der Waals surface area contributed by atoms with E-state index in [2.05, 4.69) is 10.3 Å². The quantitative estimate of drug-likeness (QED) is 0.399. The number of hydrogen-bond donors (Lipinski definition) is 1. The van der Waals surface area contributed by atoms with Gasteiger partial charge in [0.15, 0.2) is 10.9 Å². The highest BCUT2D eigenvalue weighted by Crippen LogP contribution is 2.23. The molecule has 2 heterocycles. The number of ketones is 1. The van der Waals surface area contributed by atoms with Crippen molar-refractivity contribution in [2.75, 3.05) is 42.1 Å². The lowest BCUT2D eigenvalue weighted by Crippen LogP contribution is -2.49. The molecule has 8 nitrogen and oxygen atoms in total. The van der Waals surface area contributed by atoms with E-state index in [1.165, 1.54) is 24.8 Å². The minimum atomic E-state index is -0.437. The number of piperazine rings is 1. The standard InChI is InChI=1S/C25H26FN5O3S/c1-17(32)19-5-8-22(21(26)15-19)30-11-13-31(14-12-30)24(34)18-3-6-20(7-4-18)28-23(33)16-35-25-27-9-10-29(25)2/h3-10,15H,11-14,16H2,1-2H3,(H,28,33). The van der Waals surface area contributed by atoms with Gasteiger partial charge in [-0.3, -0.25) is 14.4 Å². The molecular weight excluding hydrogens is 469 g/mol. The smallest absolute Gasteiger partial charge is 0.253 e. The summed E-state index contributed by atoms with van der Waals surface area (Å²) < 4.78 is 16.3. The molecule has 0 unspecified atom stereocenters. The molecule has 35 heavy (non-hydrogen) atoms. The Hall–Kier alpha value is -3.66. The van der Waals surface area contributed by atoms with Gasteiger partial charge in [-0.1, -0.05) is 11.8 Å². The molecule has 10 heteroatoms. The van der Waals surface area contributed by atoms with E-state index < -0.39 is 5.82 Å². The Balaban J connectivity index is 1.29. The summed E-state index contributed by atoms with van der Waals surface area (Å²) in [6.45, 7) is 3.29. The van der Waals surface area contributed by atoms with E-state index in [0.717, 1.165) is 5.16 Å². The van der Waals surface area contributed by atoms with Gasteiger partial charge in [0, 0.05) is 62.4 Å². The number of aryl methyl sites for hydroxylation is 1. The number of carbonyl (C=O) groups excluding carboxylic acids is 3. The summed E-state index contributed by atoms with van der Waals surface area (Å²) in [5.41, 5.74) is 1.91. The number of halogens is 1. The third-order valence-corrected chi connectivity index (χ3v) is 6.84. The van der Waals surface area contributed by atoms with Gasteiger partial charge in [0.05, 0.1) is 11.4 Å². The Morgan fingerprint density at radius 3 is 2.31 bits per heavy atom. The van der Waals surface area contributed by atoms with Crippen LogP contribution in [-0.4, -0.2) is 64.0 Å². The summed E-state index contributed by atoms with van der Waals surface area (Å²) in [6.07, 6.45) is 3.50. The number of benzene rings is 2. The van der Waals surface area contributed by atoms with Crippen molar-refractivity contribution >= 4 is 40.7 Å². The molecule has 1 fully saturated rings. The Morgan fingerprint density at radius 2 is 1.71 bits per heavy atom. The van der Waals surface area contributed by atoms with Crippen molar-refractivity contribution in [1.29, 1.82) is 0 Å². The molecular formula is C25H26FN5O3S. The first kappa shape index (κ1) is 24.5. The van der Waals surface area contributed by atoms with Crippen LogP contribution < -0.4 is 10.2 Å². The van der Waals surface area contributed by atoms with E-state index in [9.17, 15) is 18.8 Å². The number of hydrogen-bond acceptors (Lipinski definition) is 6. The number of carbonyl (C=O) groups is 3. The second kappa shape index (κ2) is 10.7. The number of nitrogens with zero attached hydrogens (tertiary/aromatic N) is 4. The van der Waals surface area contributed by atoms with Crippen LogP contribution in [0, 0.1) is 5.82 Å². The fourth-order valence-electron chi connectivity index (χ4n) is 3.83. The van der Waals surface area contributed by atoms with Crippen molar-refractivity contribution in [2.45, 2.75) is 12.1 Å². The molecule has 1 aliphatic rings. The van der Waals surface area contributed by atoms with Crippen molar-refractivity contribution in [1.82, 2.24) is 14.5 Å². The van der Waals surface area contributed by atoms with Gasteiger partial charge in [0.2, 0.25) is 5.91 Å². The summed E-state index contributed by atoms with van der Waals surface area (Å²) in [5.74, 6) is -0.654. The summed E-state index contributed by atoms with van der Waals surface area (Å²) in [7, 11) is 1.87. The first-order valence-corrected chi connectivity index (χ1v) is 12.1. The van der Waals surface area contributed by atoms with Crippen molar-refractivity contribution in [3.8, 4) is 0 Å². The van der Waals surface area contributed by atoms with Crippen LogP contribution in [0.4, 0.5) is 15.8 Å². The first-order chi connectivity index (χ1) is 16.8. The predicted molar refractivity (Wildman–Crippen MR) is 134 cm³/mol. The molecule has 2 amide bonds. The third-order valence-electron chi connectivity index (χ3n) is 5.79. The molecule has 1 saturated heterocycles. The van der Waals surface area contributed by atoms with Crippen LogP contribution in [0.5, 0.6) is 0 Å². The topological polar surface area (TPSA) is 87.5 Å². The Bertz CT molecular complexity index is 1240. The molecule has 2 aromatic carbocycles. The molecule has 0 spiro atoms. The number of Topliss-reactive ketones (excluding diaryl/α,β-unsaturated/α-hetero) is 1. The van der Waals surface area contributed by atoms with Crippen LogP contribution in [0.1, 0.15) is 27.6 Å². The minimum Gasteiger partial charge on any atom is -0.366 e. The largest absolute Gasteiger partial charge is 0.366 e. The zero-order chi connectivity index (χ0) is 24.9. The Kier molecular flexibility index (Phi) is 7.50. The molecule has 0 bridgehead atoms. The number of amides is 2. The third kappa shape index (κ3) is 5.89. The Morgan fingerprint density at radius 1 is 1.03 bits per heavy atom. The lowest BCUT2D eigenvalue weighted by Gasteiger charge is -2.36. The second-order valence-electron chi connectivity index (χ2n) is 8.24. The summed E-state index contributed by atoms with van der Waals surface area (Å²) >= 11 is 1.35. The van der Waals surface area contributed by atoms with Crippen LogP contribution in [0.25, 0.3) is 0 Å². The molecule has 0 saturated carbocycles. The maximum absolute atomic E-state index is 14.5. The predicted octanol–water partition coefficient (Wildman–Crippen LogP) is 3.46. The van der Waals surface area contributed by atoms with Crippen LogP contribution in [0.3, 0.4) is 0 Å². The zero-order valence-electron chi connectivity index (χ0n) is 19.5. The zero-order valence-corrected chi connectivity index (χ0v) is 20.3. The number of thioether (sulfide) groups is 1. The lowest BCUT2D eigenvalue weighted by molar-refractivity contribution is -0.113. The van der Waals surface area contributed by atoms with E-state index in [0.29, 0.717) is 48.7 Å². The van der Waals surface area contributed by atoms with Crippen LogP contribution in [-0.2, 0) is 11.8 Å². The molecule has 0 aliphatic carbocycles. The van der Waals surface area contributed by atoms with Crippen LogP contribution in [0.15, 0.2) is 60.0 Å². The first-order valence-electron chi connectivity index (χ1n) is 11.2. The molecule has 4 rings (SSSR count). The molecule has 0 radical (unpaired) electrons. The van der Waals surface area contributed by atoms with Gasteiger partial charge in [-0.2, -0.15) is 0 Å². The normalized spacial score (nSPS) is 13.6. The fourth-order valence-corrected chi connectivity index (χ4v) is 4.56. The van der Waals surface area contributed by atoms with Gasteiger partial charge in [-0.25, -0.2) is 9.37 Å². The van der Waals surface area contributed by atoms with Gasteiger partial charge >= 0.3 is 0 Å². The molecule has 3 aromatic rings. The SMILES string of the molecule is CC(=O)c1ccc(N2CCN(C(=O)c3ccc(NC(=O)CSc4nccn4C)cc3)CC2)c(F)c1. The second-order valence-corrected chi connectivity index (χ2v) is 9.18. The summed E-state index contributed by atoms with van der Waals surface area (Å²) in [6, 6.07) is 11.3. The lowest BCUT2D eigenvalue weighted by atomic mass is 10.1. The van der Waals surface area contributed by atoms with E-state index in [1.807, 2.05) is 22.7 Å². The minimum absolute atomic E-state index is 0.111. The van der Waals surface area contributed by atoms with Gasteiger partial charge in [-0.15, -0.1) is 0 Å². The van der Waals surface area contributed by atoms with E-state index >= 15 is 0 Å². The summed E-state index contributed by atoms with van der Waals surface area (Å²) in [5, 5.41) is 3.59. The van der Waals surface area contributed by atoms with E-state index in [1.54, 1.807) is 47.5 Å². The van der Waals surface area contributed by atoms with Crippen molar-refractivity contribution in [3.63, 3.8) is 0 Å². The van der Waals surface area contributed by atoms with E-state index in [4.69, 9.17) is 0 Å². The molecule has 1 aromatic heterocycles. The van der Waals surface area contributed by atoms with Gasteiger partial charge in [-0.05, 0) is 49.4 Å². The van der Waals surface area contributed by atoms with Gasteiger partial charge in [0.25, 0.3) is 5.91 Å². The fraction of sp³-hybridized carbons (Fsp3) is 0.280. The summed E-state index contributed by atoms with van der Waals surface area (Å²) in [4.78, 5) is 44.4. The average molecular weight is 496 g/mol. The maximum Gasteiger partial charge on any atom is 0.253 e. The number of nitrogens with one attached hydrogen (secondary N) is 1. The van der Waals surface area contributed by atoms with Gasteiger partial charge < -0.3 is 19.7 Å². The Labute approximate surface area is 207 Å². The molecule has 1 aliphatic heterocycles. The van der Waals surface area contributed by atoms with Crippen molar-refractivity contribution < 1.29 is 18.8 Å². The highest BCUT2D eigenvalue weighted by molar-refractivity contribution is 7.99. The molecule has 1 N–H and O–H groups in total. The van der Waals surface area contributed by atoms with Crippen molar-refractivity contribution in [2.24, 2.45) is 7.05 Å². The highest BCUT2D eigenvalue weighted by Gasteiger charge is 2.24. The average Bonchev–Trinajstić information content (AvgIpc) is 3.27. The van der Waals surface area contributed by atoms with Crippen LogP contribution >= 0.6 is 11.8 Å². The number of imidazole rings is 1. The molecule has 182 valence electrons. The number of aromatic nitrogens is 2. The highest BCUT2D eigenvalue weighted by atomic mass is 32.2. The number of rotatable bonds is 7. The van der Waals surface area contributed by atoms with Crippen molar-refractivity contribution in [3.05, 3.63) is 71.8 Å². The number of anilines is 2. The maximum atomic E-state index is 14.5. The molecule has 0 atom stereocenters.